The number of hydrogen-bond donors (Lipinski definition) is 1. The molecule has 130 valence electrons. The summed E-state index contributed by atoms with van der Waals surface area (Å²) in [5.41, 5.74) is 0.533. The average Bonchev–Trinajstić information content (AvgIpc) is 3.22. The van der Waals surface area contributed by atoms with Crippen LogP contribution >= 0.6 is 0 Å². The van der Waals surface area contributed by atoms with Crippen LogP contribution in [0.25, 0.3) is 11.0 Å². The first kappa shape index (κ1) is 15.8. The van der Waals surface area contributed by atoms with E-state index < -0.39 is 5.60 Å². The van der Waals surface area contributed by atoms with Gasteiger partial charge < -0.3 is 14.4 Å². The number of carbonyl (C=O) groups is 1. The van der Waals surface area contributed by atoms with Gasteiger partial charge in [0, 0.05) is 23.7 Å². The van der Waals surface area contributed by atoms with Gasteiger partial charge in [0.2, 0.25) is 0 Å². The predicted octanol–water partition coefficient (Wildman–Crippen LogP) is 2.00. The van der Waals surface area contributed by atoms with Crippen LogP contribution in [0.1, 0.15) is 29.0 Å². The fourth-order valence-corrected chi connectivity index (χ4v) is 3.56. The highest BCUT2D eigenvalue weighted by molar-refractivity contribution is 5.99. The summed E-state index contributed by atoms with van der Waals surface area (Å²) >= 11 is 0. The molecule has 3 heterocycles. The van der Waals surface area contributed by atoms with Gasteiger partial charge in [0.05, 0.1) is 19.3 Å². The van der Waals surface area contributed by atoms with Crippen LogP contribution in [0.5, 0.6) is 0 Å². The van der Waals surface area contributed by atoms with Crippen molar-refractivity contribution in [1.82, 2.24) is 19.9 Å². The summed E-state index contributed by atoms with van der Waals surface area (Å²) in [4.78, 5) is 14.6. The van der Waals surface area contributed by atoms with Crippen LogP contribution in [-0.2, 0) is 6.54 Å². The number of aromatic nitrogens is 3. The maximum Gasteiger partial charge on any atom is 0.289 e. The van der Waals surface area contributed by atoms with Crippen LogP contribution < -0.4 is 0 Å². The Labute approximate surface area is 144 Å². The van der Waals surface area contributed by atoms with Gasteiger partial charge in [0.25, 0.3) is 5.91 Å². The number of benzene rings is 1. The number of rotatable bonds is 3. The Morgan fingerprint density at radius 2 is 2.24 bits per heavy atom. The normalized spacial score (nSPS) is 21.0. The first-order valence-electron chi connectivity index (χ1n) is 8.40. The van der Waals surface area contributed by atoms with E-state index in [-0.39, 0.29) is 12.5 Å². The molecule has 1 atom stereocenters. The molecule has 7 heteroatoms. The standard InChI is InChI=1S/C18H20N4O3/c1-13-14-5-2-3-6-15(14)25-16(13)17(23)21-9-4-7-18(24,11-21)12-22-10-8-19-20-22/h2-3,5-6,8,10,24H,4,7,9,11-12H2,1H3. The van der Waals surface area contributed by atoms with E-state index in [2.05, 4.69) is 10.3 Å². The first-order chi connectivity index (χ1) is 12.1. The van der Waals surface area contributed by atoms with Crippen molar-refractivity contribution in [2.45, 2.75) is 31.9 Å². The van der Waals surface area contributed by atoms with Crippen molar-refractivity contribution in [2.75, 3.05) is 13.1 Å². The van der Waals surface area contributed by atoms with Crippen LogP contribution in [0.2, 0.25) is 0 Å². The Kier molecular flexibility index (Phi) is 3.80. The van der Waals surface area contributed by atoms with Gasteiger partial charge in [-0.15, -0.1) is 5.10 Å². The third-order valence-corrected chi connectivity index (χ3v) is 4.81. The molecule has 1 fully saturated rings. The topological polar surface area (TPSA) is 84.4 Å². The van der Waals surface area contributed by atoms with Crippen molar-refractivity contribution in [2.24, 2.45) is 0 Å². The number of β-amino-alcohol motifs (C(OH)–C–C–N with tert-alkyl or cyclic N) is 1. The summed E-state index contributed by atoms with van der Waals surface area (Å²) in [6.45, 7) is 3.07. The molecule has 0 saturated carbocycles. The molecule has 1 N–H and O–H groups in total. The van der Waals surface area contributed by atoms with Gasteiger partial charge in [-0.1, -0.05) is 23.4 Å². The highest BCUT2D eigenvalue weighted by Crippen LogP contribution is 2.29. The molecule has 1 aromatic carbocycles. The van der Waals surface area contributed by atoms with Gasteiger partial charge in [0.15, 0.2) is 5.76 Å². The molecule has 1 saturated heterocycles. The number of nitrogens with zero attached hydrogens (tertiary/aromatic N) is 4. The number of likely N-dealkylation sites (tertiary alicyclic amines) is 1. The number of hydrogen-bond acceptors (Lipinski definition) is 5. The molecule has 7 nitrogen and oxygen atoms in total. The second-order valence-corrected chi connectivity index (χ2v) is 6.71. The minimum atomic E-state index is -1.01. The van der Waals surface area contributed by atoms with Gasteiger partial charge in [-0.3, -0.25) is 4.79 Å². The molecule has 3 aromatic rings. The third-order valence-electron chi connectivity index (χ3n) is 4.81. The lowest BCUT2D eigenvalue weighted by Crippen LogP contribution is -2.52. The van der Waals surface area contributed by atoms with E-state index in [4.69, 9.17) is 4.42 Å². The summed E-state index contributed by atoms with van der Waals surface area (Å²) < 4.78 is 7.39. The van der Waals surface area contributed by atoms with Crippen LogP contribution in [0.4, 0.5) is 0 Å². The third kappa shape index (κ3) is 2.91. The Hall–Kier alpha value is -2.67. The van der Waals surface area contributed by atoms with E-state index in [1.165, 1.54) is 0 Å². The van der Waals surface area contributed by atoms with Crippen molar-refractivity contribution >= 4 is 16.9 Å². The minimum Gasteiger partial charge on any atom is -0.451 e. The van der Waals surface area contributed by atoms with E-state index in [1.807, 2.05) is 31.2 Å². The van der Waals surface area contributed by atoms with E-state index in [0.29, 0.717) is 30.9 Å². The second kappa shape index (κ2) is 6.00. The molecule has 2 aromatic heterocycles. The Balaban J connectivity index is 1.58. The summed E-state index contributed by atoms with van der Waals surface area (Å²) in [7, 11) is 0. The molecule has 0 aliphatic carbocycles. The van der Waals surface area contributed by atoms with Gasteiger partial charge in [-0.2, -0.15) is 0 Å². The number of piperidine rings is 1. The van der Waals surface area contributed by atoms with Crippen LogP contribution in [-0.4, -0.2) is 49.6 Å². The smallest absolute Gasteiger partial charge is 0.289 e. The van der Waals surface area contributed by atoms with Gasteiger partial charge in [-0.05, 0) is 25.8 Å². The molecular formula is C18H20N4O3. The van der Waals surface area contributed by atoms with Crippen LogP contribution in [0, 0.1) is 6.92 Å². The first-order valence-corrected chi connectivity index (χ1v) is 8.40. The van der Waals surface area contributed by atoms with E-state index in [0.717, 1.165) is 17.4 Å². The quantitative estimate of drug-likeness (QED) is 0.788. The zero-order chi connectivity index (χ0) is 17.4. The van der Waals surface area contributed by atoms with E-state index >= 15 is 0 Å². The number of aryl methyl sites for hydroxylation is 1. The number of carbonyl (C=O) groups excluding carboxylic acids is 1. The van der Waals surface area contributed by atoms with Crippen LogP contribution in [0.3, 0.4) is 0 Å². The highest BCUT2D eigenvalue weighted by atomic mass is 16.3. The molecule has 25 heavy (non-hydrogen) atoms. The van der Waals surface area contributed by atoms with Crippen LogP contribution in [0.15, 0.2) is 41.1 Å². The number of para-hydroxylation sites is 1. The number of amides is 1. The lowest BCUT2D eigenvalue weighted by molar-refractivity contribution is -0.0393. The summed E-state index contributed by atoms with van der Waals surface area (Å²) in [5.74, 6) is 0.177. The molecule has 1 aliphatic heterocycles. The number of aliphatic hydroxyl groups is 1. The maximum absolute atomic E-state index is 13.0. The SMILES string of the molecule is Cc1c(C(=O)N2CCCC(O)(Cn3ccnn3)C2)oc2ccccc12. The predicted molar refractivity (Wildman–Crippen MR) is 91.1 cm³/mol. The van der Waals surface area contributed by atoms with E-state index in [9.17, 15) is 9.90 Å². The molecule has 1 unspecified atom stereocenters. The summed E-state index contributed by atoms with van der Waals surface area (Å²) in [5, 5.41) is 19.5. The summed E-state index contributed by atoms with van der Waals surface area (Å²) in [6.07, 6.45) is 4.64. The maximum atomic E-state index is 13.0. The van der Waals surface area contributed by atoms with Crippen molar-refractivity contribution in [3.8, 4) is 0 Å². The second-order valence-electron chi connectivity index (χ2n) is 6.71. The Morgan fingerprint density at radius 3 is 3.00 bits per heavy atom. The zero-order valence-corrected chi connectivity index (χ0v) is 14.1. The average molecular weight is 340 g/mol. The lowest BCUT2D eigenvalue weighted by atomic mass is 9.92. The Morgan fingerprint density at radius 1 is 1.40 bits per heavy atom. The van der Waals surface area contributed by atoms with Gasteiger partial charge in [-0.25, -0.2) is 4.68 Å². The fraction of sp³-hybridized carbons (Fsp3) is 0.389. The fourth-order valence-electron chi connectivity index (χ4n) is 3.56. The van der Waals surface area contributed by atoms with Gasteiger partial charge >= 0.3 is 0 Å². The van der Waals surface area contributed by atoms with Crippen molar-refractivity contribution in [1.29, 1.82) is 0 Å². The molecule has 1 amide bonds. The molecular weight excluding hydrogens is 320 g/mol. The summed E-state index contributed by atoms with van der Waals surface area (Å²) in [6, 6.07) is 7.62. The molecule has 1 aliphatic rings. The minimum absolute atomic E-state index is 0.176. The zero-order valence-electron chi connectivity index (χ0n) is 14.1. The van der Waals surface area contributed by atoms with Gasteiger partial charge in [0.1, 0.15) is 11.2 Å². The lowest BCUT2D eigenvalue weighted by Gasteiger charge is -2.38. The van der Waals surface area contributed by atoms with E-state index in [1.54, 1.807) is 22.0 Å². The highest BCUT2D eigenvalue weighted by Gasteiger charge is 2.37. The molecule has 0 radical (unpaired) electrons. The van der Waals surface area contributed by atoms with Crippen molar-refractivity contribution in [3.63, 3.8) is 0 Å². The van der Waals surface area contributed by atoms with Crippen molar-refractivity contribution in [3.05, 3.63) is 48.0 Å². The van der Waals surface area contributed by atoms with Crippen molar-refractivity contribution < 1.29 is 14.3 Å². The largest absolute Gasteiger partial charge is 0.451 e. The molecule has 0 bridgehead atoms. The number of fused-ring (bicyclic) bond motifs is 1. The molecule has 0 spiro atoms. The molecule has 4 rings (SSSR count). The monoisotopic (exact) mass is 340 g/mol. The number of furan rings is 1. The Bertz CT molecular complexity index is 902.